The molecule has 0 atom stereocenters. The third-order valence-corrected chi connectivity index (χ3v) is 5.72. The number of benzene rings is 1. The molecule has 1 aliphatic rings. The average Bonchev–Trinajstić information content (AvgIpc) is 2.80. The molecule has 3 heterocycles. The number of piperidine rings is 1. The van der Waals surface area contributed by atoms with E-state index in [1.165, 1.54) is 25.6 Å². The first-order chi connectivity index (χ1) is 15.0. The molecule has 1 aromatic carbocycles. The van der Waals surface area contributed by atoms with Crippen LogP contribution in [0.2, 0.25) is 5.02 Å². The molecule has 8 nitrogen and oxygen atoms in total. The predicted molar refractivity (Wildman–Crippen MR) is 116 cm³/mol. The van der Waals surface area contributed by atoms with E-state index in [4.69, 9.17) is 21.3 Å². The fourth-order valence-electron chi connectivity index (χ4n) is 3.64. The van der Waals surface area contributed by atoms with Gasteiger partial charge in [0.1, 0.15) is 23.2 Å². The third-order valence-electron chi connectivity index (χ3n) is 5.43. The first-order valence-corrected chi connectivity index (χ1v) is 10.4. The number of hydrogen-bond acceptors (Lipinski definition) is 8. The lowest BCUT2D eigenvalue weighted by Gasteiger charge is -2.31. The molecule has 0 unspecified atom stereocenters. The predicted octanol–water partition coefficient (Wildman–Crippen LogP) is 4.13. The minimum absolute atomic E-state index is 0.0220. The van der Waals surface area contributed by atoms with Crippen LogP contribution < -0.4 is 10.2 Å². The van der Waals surface area contributed by atoms with Gasteiger partial charge in [0.25, 0.3) is 0 Å². The highest BCUT2D eigenvalue weighted by Crippen LogP contribution is 2.28. The van der Waals surface area contributed by atoms with Crippen LogP contribution in [-0.2, 0) is 9.53 Å². The molecule has 0 aliphatic carbocycles. The normalized spacial score (nSPS) is 14.6. The van der Waals surface area contributed by atoms with Crippen molar-refractivity contribution in [3.63, 3.8) is 0 Å². The highest BCUT2D eigenvalue weighted by atomic mass is 35.5. The van der Waals surface area contributed by atoms with E-state index in [0.29, 0.717) is 40.8 Å². The molecule has 1 saturated heterocycles. The number of carbonyl (C=O) groups excluding carboxylic acids is 1. The molecule has 1 N–H and O–H groups in total. The number of anilines is 3. The van der Waals surface area contributed by atoms with Crippen LogP contribution in [0.25, 0.3) is 11.0 Å². The third kappa shape index (κ3) is 4.99. The largest absolute Gasteiger partial charge is 0.469 e. The molecular weight excluding hydrogens is 423 g/mol. The molecule has 0 saturated carbocycles. The van der Waals surface area contributed by atoms with Crippen molar-refractivity contribution in [3.8, 4) is 0 Å². The van der Waals surface area contributed by atoms with Crippen LogP contribution in [0.15, 0.2) is 30.7 Å². The zero-order chi connectivity index (χ0) is 21.8. The summed E-state index contributed by atoms with van der Waals surface area (Å²) >= 11 is 5.88. The molecule has 31 heavy (non-hydrogen) atoms. The Bertz CT molecular complexity index is 1090. The number of rotatable bonds is 6. The first-order valence-electron chi connectivity index (χ1n) is 10.0. The molecule has 0 radical (unpaired) electrons. The Hall–Kier alpha value is -3.07. The van der Waals surface area contributed by atoms with Crippen LogP contribution in [0.3, 0.4) is 0 Å². The van der Waals surface area contributed by atoms with Gasteiger partial charge < -0.3 is 15.0 Å². The standard InChI is InChI=1S/C21H22ClFN6O2/c1-31-18(30)5-2-13-6-8-29(9-7-13)21-24-11-17-19(28-21)20(26-12-25-17)27-14-3-4-16(23)15(22)10-14/h3-4,10-13H,2,5-9H2,1H3,(H,25,26,27). The van der Waals surface area contributed by atoms with Crippen LogP contribution in [0.4, 0.5) is 21.8 Å². The van der Waals surface area contributed by atoms with Gasteiger partial charge >= 0.3 is 5.97 Å². The number of nitrogens with one attached hydrogen (secondary N) is 1. The average molecular weight is 445 g/mol. The van der Waals surface area contributed by atoms with Gasteiger partial charge in [0.05, 0.1) is 18.3 Å². The number of carbonyl (C=O) groups is 1. The van der Waals surface area contributed by atoms with Crippen LogP contribution in [-0.4, -0.2) is 46.1 Å². The highest BCUT2D eigenvalue weighted by molar-refractivity contribution is 6.31. The Kier molecular flexibility index (Phi) is 6.41. The summed E-state index contributed by atoms with van der Waals surface area (Å²) in [5, 5.41) is 3.15. The number of fused-ring (bicyclic) bond motifs is 1. The smallest absolute Gasteiger partial charge is 0.305 e. The zero-order valence-electron chi connectivity index (χ0n) is 17.0. The second-order valence-electron chi connectivity index (χ2n) is 7.43. The quantitative estimate of drug-likeness (QED) is 0.567. The minimum atomic E-state index is -0.487. The van der Waals surface area contributed by atoms with E-state index in [0.717, 1.165) is 32.4 Å². The number of hydrogen-bond donors (Lipinski definition) is 1. The summed E-state index contributed by atoms with van der Waals surface area (Å²) < 4.78 is 18.2. The molecule has 3 aromatic rings. The van der Waals surface area contributed by atoms with Crippen molar-refractivity contribution >= 4 is 46.1 Å². The highest BCUT2D eigenvalue weighted by Gasteiger charge is 2.22. The SMILES string of the molecule is COC(=O)CCC1CCN(c2ncc3ncnc(Nc4ccc(F)c(Cl)c4)c3n2)CC1. The van der Waals surface area contributed by atoms with Crippen molar-refractivity contribution in [2.75, 3.05) is 30.4 Å². The van der Waals surface area contributed by atoms with Gasteiger partial charge in [0, 0.05) is 25.2 Å². The van der Waals surface area contributed by atoms with Crippen molar-refractivity contribution in [1.29, 1.82) is 0 Å². The van der Waals surface area contributed by atoms with Crippen molar-refractivity contribution in [3.05, 3.63) is 41.6 Å². The second kappa shape index (κ2) is 9.38. The molecule has 1 aliphatic heterocycles. The molecule has 0 spiro atoms. The number of esters is 1. The van der Waals surface area contributed by atoms with E-state index in [2.05, 4.69) is 25.2 Å². The fraction of sp³-hybridized carbons (Fsp3) is 0.381. The lowest BCUT2D eigenvalue weighted by molar-refractivity contribution is -0.141. The minimum Gasteiger partial charge on any atom is -0.469 e. The van der Waals surface area contributed by atoms with Gasteiger partial charge in [0.2, 0.25) is 5.95 Å². The first kappa shape index (κ1) is 21.2. The number of aromatic nitrogens is 4. The van der Waals surface area contributed by atoms with Crippen molar-refractivity contribution < 1.29 is 13.9 Å². The van der Waals surface area contributed by atoms with Crippen LogP contribution in [0, 0.1) is 11.7 Å². The Morgan fingerprint density at radius 1 is 1.29 bits per heavy atom. The van der Waals surface area contributed by atoms with Crippen molar-refractivity contribution in [1.82, 2.24) is 19.9 Å². The molecule has 2 aromatic heterocycles. The van der Waals surface area contributed by atoms with Gasteiger partial charge in [-0.2, -0.15) is 0 Å². The maximum atomic E-state index is 13.4. The van der Waals surface area contributed by atoms with E-state index in [-0.39, 0.29) is 11.0 Å². The van der Waals surface area contributed by atoms with E-state index >= 15 is 0 Å². The molecule has 162 valence electrons. The molecule has 4 rings (SSSR count). The van der Waals surface area contributed by atoms with E-state index < -0.39 is 5.82 Å². The number of nitrogens with zero attached hydrogens (tertiary/aromatic N) is 5. The summed E-state index contributed by atoms with van der Waals surface area (Å²) in [4.78, 5) is 31.2. The summed E-state index contributed by atoms with van der Waals surface area (Å²) in [6.45, 7) is 1.61. The number of halogens is 2. The molecule has 0 amide bonds. The fourth-order valence-corrected chi connectivity index (χ4v) is 3.83. The topological polar surface area (TPSA) is 93.1 Å². The second-order valence-corrected chi connectivity index (χ2v) is 7.83. The summed E-state index contributed by atoms with van der Waals surface area (Å²) in [5.41, 5.74) is 1.76. The Labute approximate surface area is 183 Å². The zero-order valence-corrected chi connectivity index (χ0v) is 17.8. The molecular formula is C21H22ClFN6O2. The lowest BCUT2D eigenvalue weighted by atomic mass is 9.92. The van der Waals surface area contributed by atoms with Gasteiger partial charge in [-0.05, 0) is 43.4 Å². The molecule has 10 heteroatoms. The van der Waals surface area contributed by atoms with E-state index in [9.17, 15) is 9.18 Å². The van der Waals surface area contributed by atoms with Gasteiger partial charge in [-0.3, -0.25) is 4.79 Å². The Balaban J connectivity index is 1.49. The summed E-state index contributed by atoms with van der Waals surface area (Å²) in [6.07, 6.45) is 6.30. The van der Waals surface area contributed by atoms with Gasteiger partial charge in [-0.1, -0.05) is 11.6 Å². The summed E-state index contributed by atoms with van der Waals surface area (Å²) in [7, 11) is 1.42. The lowest BCUT2D eigenvalue weighted by Crippen LogP contribution is -2.35. The maximum absolute atomic E-state index is 13.4. The van der Waals surface area contributed by atoms with Gasteiger partial charge in [-0.25, -0.2) is 24.3 Å². The van der Waals surface area contributed by atoms with Crippen molar-refractivity contribution in [2.45, 2.75) is 25.7 Å². The van der Waals surface area contributed by atoms with E-state index in [1.807, 2.05) is 0 Å². The number of methoxy groups -OCH3 is 1. The Morgan fingerprint density at radius 2 is 2.10 bits per heavy atom. The molecule has 1 fully saturated rings. The van der Waals surface area contributed by atoms with Gasteiger partial charge in [0.15, 0.2) is 5.82 Å². The maximum Gasteiger partial charge on any atom is 0.305 e. The molecule has 0 bridgehead atoms. The van der Waals surface area contributed by atoms with Crippen LogP contribution >= 0.6 is 11.6 Å². The summed E-state index contributed by atoms with van der Waals surface area (Å²) in [6, 6.07) is 4.36. The number of ether oxygens (including phenoxy) is 1. The monoisotopic (exact) mass is 444 g/mol. The van der Waals surface area contributed by atoms with E-state index in [1.54, 1.807) is 12.3 Å². The van der Waals surface area contributed by atoms with Crippen LogP contribution in [0.5, 0.6) is 0 Å². The van der Waals surface area contributed by atoms with Crippen LogP contribution in [0.1, 0.15) is 25.7 Å². The summed E-state index contributed by atoms with van der Waals surface area (Å²) in [5.74, 6) is 0.930. The van der Waals surface area contributed by atoms with Crippen molar-refractivity contribution in [2.24, 2.45) is 5.92 Å². The van der Waals surface area contributed by atoms with Gasteiger partial charge in [-0.15, -0.1) is 0 Å². The Morgan fingerprint density at radius 3 is 2.84 bits per heavy atom.